The number of unbranched alkanes of at least 4 members (excludes halogenated alkanes) is 4. The number of aryl methyl sites for hydroxylation is 1. The number of amides is 1. The van der Waals surface area contributed by atoms with Crippen LogP contribution < -0.4 is 10.1 Å². The minimum atomic E-state index is -0.746. The summed E-state index contributed by atoms with van der Waals surface area (Å²) in [6.07, 6.45) is 12.0. The van der Waals surface area contributed by atoms with E-state index in [2.05, 4.69) is 19.2 Å². The van der Waals surface area contributed by atoms with Gasteiger partial charge in [0.2, 0.25) is 5.91 Å². The monoisotopic (exact) mass is 425 g/mol. The molecule has 3 rings (SSSR count). The molecule has 1 heterocycles. The van der Waals surface area contributed by atoms with Gasteiger partial charge in [-0.25, -0.2) is 0 Å². The molecule has 1 aliphatic carbocycles. The molecule has 0 saturated heterocycles. The molecule has 1 atom stereocenters. The van der Waals surface area contributed by atoms with E-state index in [0.717, 1.165) is 50.6 Å². The molecule has 2 aliphatic rings. The quantitative estimate of drug-likeness (QED) is 0.468. The second-order valence-electron chi connectivity index (χ2n) is 8.15. The Balaban J connectivity index is 1.86. The molecule has 1 aliphatic heterocycles. The van der Waals surface area contributed by atoms with Crippen molar-refractivity contribution in [3.8, 4) is 17.2 Å². The molecule has 0 bridgehead atoms. The Morgan fingerprint density at radius 2 is 1.65 bits per heavy atom. The number of aromatic hydroxyl groups is 2. The maximum atomic E-state index is 12.9. The highest BCUT2D eigenvalue weighted by Gasteiger charge is 2.35. The normalized spacial score (nSPS) is 18.0. The predicted molar refractivity (Wildman–Crippen MR) is 119 cm³/mol. The molecule has 3 N–H and O–H groups in total. The summed E-state index contributed by atoms with van der Waals surface area (Å²) in [5, 5.41) is 23.3. The van der Waals surface area contributed by atoms with Gasteiger partial charge in [0.15, 0.2) is 17.3 Å². The molecule has 0 radical (unpaired) electrons. The van der Waals surface area contributed by atoms with Gasteiger partial charge in [0.25, 0.3) is 0 Å². The highest BCUT2D eigenvalue weighted by molar-refractivity contribution is 6.05. The van der Waals surface area contributed by atoms with Crippen molar-refractivity contribution in [3.63, 3.8) is 0 Å². The summed E-state index contributed by atoms with van der Waals surface area (Å²) in [6.45, 7) is 4.21. The van der Waals surface area contributed by atoms with Crippen molar-refractivity contribution < 1.29 is 24.5 Å². The first-order valence-electron chi connectivity index (χ1n) is 11.1. The summed E-state index contributed by atoms with van der Waals surface area (Å²) in [5.74, 6) is -1.16. The Kier molecular flexibility index (Phi) is 7.55. The summed E-state index contributed by atoms with van der Waals surface area (Å²) in [5.41, 5.74) is 2.05. The Morgan fingerprint density at radius 3 is 2.35 bits per heavy atom. The van der Waals surface area contributed by atoms with Gasteiger partial charge in [-0.1, -0.05) is 39.5 Å². The van der Waals surface area contributed by atoms with Crippen molar-refractivity contribution >= 4 is 11.7 Å². The first-order chi connectivity index (χ1) is 14.9. The third-order valence-corrected chi connectivity index (χ3v) is 5.55. The Bertz CT molecular complexity index is 941. The van der Waals surface area contributed by atoms with Crippen LogP contribution in [0.25, 0.3) is 0 Å². The zero-order valence-corrected chi connectivity index (χ0v) is 18.2. The Labute approximate surface area is 183 Å². The maximum absolute atomic E-state index is 12.9. The van der Waals surface area contributed by atoms with E-state index in [-0.39, 0.29) is 34.7 Å². The van der Waals surface area contributed by atoms with Gasteiger partial charge < -0.3 is 20.3 Å². The molecule has 0 spiro atoms. The lowest BCUT2D eigenvalue weighted by molar-refractivity contribution is -0.123. The van der Waals surface area contributed by atoms with Crippen LogP contribution in [0.1, 0.15) is 64.4 Å². The Morgan fingerprint density at radius 1 is 0.935 bits per heavy atom. The van der Waals surface area contributed by atoms with E-state index >= 15 is 0 Å². The van der Waals surface area contributed by atoms with Gasteiger partial charge in [0.05, 0.1) is 0 Å². The van der Waals surface area contributed by atoms with Gasteiger partial charge >= 0.3 is 0 Å². The first-order valence-corrected chi connectivity index (χ1v) is 11.1. The standard InChI is InChI=1S/C25H31NO5/c1-3-5-7-9-16-12-19(27)14-21(29)24(16)31-22-15-20(28)13-17-11-18(10-8-6-4-2)26-25(30)23(17)22/h11-15,23,27,29H,3-10H2,1-2H3,(H,26,30). The molecule has 1 amide bonds. The fraction of sp³-hybridized carbons (Fsp3) is 0.440. The molecule has 0 saturated carbocycles. The van der Waals surface area contributed by atoms with Gasteiger partial charge in [-0.3, -0.25) is 9.59 Å². The number of allylic oxidation sites excluding steroid dienone is 4. The fourth-order valence-corrected chi connectivity index (χ4v) is 3.98. The van der Waals surface area contributed by atoms with Gasteiger partial charge in [-0.2, -0.15) is 0 Å². The van der Waals surface area contributed by atoms with E-state index in [4.69, 9.17) is 4.74 Å². The molecule has 6 heteroatoms. The van der Waals surface area contributed by atoms with Crippen LogP contribution in [0.5, 0.6) is 17.2 Å². The van der Waals surface area contributed by atoms with Crippen LogP contribution in [0.2, 0.25) is 0 Å². The molecule has 166 valence electrons. The Hall–Kier alpha value is -3.02. The number of ketones is 1. The number of ether oxygens (including phenoxy) is 1. The van der Waals surface area contributed by atoms with E-state index in [9.17, 15) is 19.8 Å². The number of carbonyl (C=O) groups excluding carboxylic acids is 2. The van der Waals surface area contributed by atoms with E-state index in [1.807, 2.05) is 6.08 Å². The lowest BCUT2D eigenvalue weighted by Gasteiger charge is -2.29. The van der Waals surface area contributed by atoms with Crippen LogP contribution in [-0.4, -0.2) is 21.9 Å². The minimum Gasteiger partial charge on any atom is -0.508 e. The van der Waals surface area contributed by atoms with E-state index in [1.165, 1.54) is 18.2 Å². The lowest BCUT2D eigenvalue weighted by Crippen LogP contribution is -2.38. The average Bonchev–Trinajstić information content (AvgIpc) is 2.70. The number of rotatable bonds is 10. The van der Waals surface area contributed by atoms with Crippen molar-refractivity contribution in [1.82, 2.24) is 5.32 Å². The van der Waals surface area contributed by atoms with Crippen molar-refractivity contribution in [2.45, 2.75) is 65.2 Å². The molecule has 1 aromatic rings. The summed E-state index contributed by atoms with van der Waals surface area (Å²) < 4.78 is 6.00. The second-order valence-corrected chi connectivity index (χ2v) is 8.15. The van der Waals surface area contributed by atoms with Crippen molar-refractivity contribution in [2.75, 3.05) is 0 Å². The number of hydrogen-bond acceptors (Lipinski definition) is 5. The summed E-state index contributed by atoms with van der Waals surface area (Å²) in [4.78, 5) is 25.2. The highest BCUT2D eigenvalue weighted by Crippen LogP contribution is 2.40. The van der Waals surface area contributed by atoms with Crippen LogP contribution in [-0.2, 0) is 16.0 Å². The zero-order chi connectivity index (χ0) is 22.4. The zero-order valence-electron chi connectivity index (χ0n) is 18.2. The number of fused-ring (bicyclic) bond motifs is 1. The number of phenols is 2. The van der Waals surface area contributed by atoms with Crippen LogP contribution in [0.4, 0.5) is 0 Å². The summed E-state index contributed by atoms with van der Waals surface area (Å²) >= 11 is 0. The molecule has 31 heavy (non-hydrogen) atoms. The number of nitrogens with one attached hydrogen (secondary N) is 1. The smallest absolute Gasteiger partial charge is 0.239 e. The second kappa shape index (κ2) is 10.3. The number of hydrogen-bond donors (Lipinski definition) is 3. The molecular formula is C25H31NO5. The largest absolute Gasteiger partial charge is 0.508 e. The fourth-order valence-electron chi connectivity index (χ4n) is 3.98. The van der Waals surface area contributed by atoms with Gasteiger partial charge in [0.1, 0.15) is 17.4 Å². The summed E-state index contributed by atoms with van der Waals surface area (Å²) in [6, 6.07) is 2.76. The van der Waals surface area contributed by atoms with Crippen LogP contribution in [0, 0.1) is 5.92 Å². The lowest BCUT2D eigenvalue weighted by atomic mass is 9.86. The molecule has 1 aromatic carbocycles. The SMILES string of the molecule is CCCCCC1=CC2=CC(=O)C=C(Oc3c(O)cc(O)cc3CCCCC)C2C(=O)N1. The third kappa shape index (κ3) is 5.57. The highest BCUT2D eigenvalue weighted by atomic mass is 16.5. The number of benzene rings is 1. The van der Waals surface area contributed by atoms with E-state index < -0.39 is 5.92 Å². The van der Waals surface area contributed by atoms with E-state index in [0.29, 0.717) is 17.6 Å². The van der Waals surface area contributed by atoms with Crippen LogP contribution >= 0.6 is 0 Å². The van der Waals surface area contributed by atoms with Crippen molar-refractivity contribution in [2.24, 2.45) is 5.92 Å². The predicted octanol–water partition coefficient (Wildman–Crippen LogP) is 4.81. The maximum Gasteiger partial charge on any atom is 0.239 e. The molecule has 1 unspecified atom stereocenters. The van der Waals surface area contributed by atoms with Crippen molar-refractivity contribution in [3.05, 3.63) is 53.0 Å². The minimum absolute atomic E-state index is 0.0549. The summed E-state index contributed by atoms with van der Waals surface area (Å²) in [7, 11) is 0. The molecule has 6 nitrogen and oxygen atoms in total. The molecule has 0 fully saturated rings. The molecular weight excluding hydrogens is 394 g/mol. The number of carbonyl (C=O) groups is 2. The van der Waals surface area contributed by atoms with Crippen molar-refractivity contribution in [1.29, 1.82) is 0 Å². The first kappa shape index (κ1) is 22.7. The topological polar surface area (TPSA) is 95.9 Å². The number of phenolic OH excluding ortho intramolecular Hbond substituents is 2. The van der Waals surface area contributed by atoms with E-state index in [1.54, 1.807) is 6.07 Å². The van der Waals surface area contributed by atoms with Gasteiger partial charge in [-0.15, -0.1) is 0 Å². The average molecular weight is 426 g/mol. The molecule has 0 aromatic heterocycles. The van der Waals surface area contributed by atoms with Gasteiger partial charge in [0, 0.05) is 23.4 Å². The van der Waals surface area contributed by atoms with Crippen LogP contribution in [0.3, 0.4) is 0 Å². The van der Waals surface area contributed by atoms with Crippen LogP contribution in [0.15, 0.2) is 47.4 Å². The van der Waals surface area contributed by atoms with Gasteiger partial charge in [-0.05, 0) is 49.5 Å². The third-order valence-electron chi connectivity index (χ3n) is 5.55.